The highest BCUT2D eigenvalue weighted by Crippen LogP contribution is 2.19. The summed E-state index contributed by atoms with van der Waals surface area (Å²) < 4.78 is 2.13. The van der Waals surface area contributed by atoms with Gasteiger partial charge in [-0.15, -0.1) is 14.2 Å². The Morgan fingerprint density at radius 3 is 2.41 bits per heavy atom. The predicted molar refractivity (Wildman–Crippen MR) is 59.7 cm³/mol. The highest BCUT2D eigenvalue weighted by Gasteiger charge is 2.18. The molecule has 94 valence electrons. The number of imidazole rings is 1. The van der Waals surface area contributed by atoms with Gasteiger partial charge in [0.15, 0.2) is 0 Å². The van der Waals surface area contributed by atoms with E-state index in [1.807, 2.05) is 6.92 Å². The van der Waals surface area contributed by atoms with E-state index >= 15 is 0 Å². The van der Waals surface area contributed by atoms with Crippen LogP contribution in [0.25, 0.3) is 11.2 Å². The van der Waals surface area contributed by atoms with Gasteiger partial charge in [0.2, 0.25) is 5.65 Å². The smallest absolute Gasteiger partial charge is 0.274 e. The van der Waals surface area contributed by atoms with E-state index in [0.717, 1.165) is 9.46 Å². The maximum absolute atomic E-state index is 9.81. The quantitative estimate of drug-likeness (QED) is 0.581. The Morgan fingerprint density at radius 1 is 1.18 bits per heavy atom. The van der Waals surface area contributed by atoms with Gasteiger partial charge in [0.25, 0.3) is 5.62 Å². The molecule has 2 aromatic rings. The first-order valence-corrected chi connectivity index (χ1v) is 5.33. The minimum atomic E-state index is -0.0386. The molecule has 0 saturated heterocycles. The lowest BCUT2D eigenvalue weighted by molar-refractivity contribution is 0.122. The van der Waals surface area contributed by atoms with Gasteiger partial charge in [-0.3, -0.25) is 0 Å². The van der Waals surface area contributed by atoms with Gasteiger partial charge in [-0.05, 0) is 13.8 Å². The molecular weight excluding hydrogens is 226 g/mol. The van der Waals surface area contributed by atoms with Gasteiger partial charge in [0, 0.05) is 19.2 Å². The fraction of sp³-hybridized carbons (Fsp3) is 0.444. The van der Waals surface area contributed by atoms with Crippen molar-refractivity contribution in [3.63, 3.8) is 0 Å². The fourth-order valence-electron chi connectivity index (χ4n) is 1.71. The Balaban J connectivity index is 2.76. The molecule has 0 atom stereocenters. The molecule has 8 heteroatoms. The van der Waals surface area contributed by atoms with Gasteiger partial charge in [0.1, 0.15) is 11.3 Å². The van der Waals surface area contributed by atoms with Gasteiger partial charge in [-0.1, -0.05) is 0 Å². The molecule has 0 fully saturated rings. The maximum atomic E-state index is 9.81. The van der Waals surface area contributed by atoms with Crippen LogP contribution in [0, 0.1) is 0 Å². The van der Waals surface area contributed by atoms with E-state index in [4.69, 9.17) is 0 Å². The molecule has 0 aliphatic carbocycles. The van der Waals surface area contributed by atoms with Crippen molar-refractivity contribution in [2.75, 3.05) is 18.4 Å². The highest BCUT2D eigenvalue weighted by molar-refractivity contribution is 5.78. The standard InChI is InChI=1S/C9H15N5O3/c1-3-10-7-5-6-8(13(7)16)14(17)9(11-4-2)12(6)15/h5,10,15-17H,3-4H2,1-2H3. The first-order chi connectivity index (χ1) is 8.11. The van der Waals surface area contributed by atoms with Crippen LogP contribution >= 0.6 is 0 Å². The third kappa shape index (κ3) is 1.49. The number of hydrogen-bond acceptors (Lipinski definition) is 5. The van der Waals surface area contributed by atoms with E-state index in [-0.39, 0.29) is 16.8 Å². The Labute approximate surface area is 96.5 Å². The number of nitrogens with zero attached hydrogens (tertiary/aromatic N) is 4. The van der Waals surface area contributed by atoms with Crippen LogP contribution < -0.4 is 10.9 Å². The first-order valence-electron chi connectivity index (χ1n) is 5.33. The SMILES string of the molecule is CCN=c1n(O)c2cc(NCC)n(O)c2n1O. The molecule has 0 unspecified atom stereocenters. The second-order valence-electron chi connectivity index (χ2n) is 3.48. The van der Waals surface area contributed by atoms with Crippen molar-refractivity contribution in [1.82, 2.24) is 14.2 Å². The van der Waals surface area contributed by atoms with E-state index in [9.17, 15) is 15.6 Å². The van der Waals surface area contributed by atoms with Crippen molar-refractivity contribution in [1.29, 1.82) is 0 Å². The molecule has 0 radical (unpaired) electrons. The van der Waals surface area contributed by atoms with Crippen molar-refractivity contribution in [3.8, 4) is 0 Å². The Bertz CT molecular complexity index is 606. The van der Waals surface area contributed by atoms with Gasteiger partial charge in [-0.2, -0.15) is 0 Å². The summed E-state index contributed by atoms with van der Waals surface area (Å²) in [5, 5.41) is 32.3. The largest absolute Gasteiger partial charge is 0.425 e. The highest BCUT2D eigenvalue weighted by atomic mass is 16.5. The lowest BCUT2D eigenvalue weighted by atomic mass is 10.5. The molecule has 0 spiro atoms. The molecule has 0 aliphatic rings. The van der Waals surface area contributed by atoms with Crippen LogP contribution in [0.15, 0.2) is 11.1 Å². The molecule has 17 heavy (non-hydrogen) atoms. The lowest BCUT2D eigenvalue weighted by Gasteiger charge is -2.03. The average molecular weight is 241 g/mol. The van der Waals surface area contributed by atoms with Crippen LogP contribution in [-0.2, 0) is 0 Å². The third-order valence-electron chi connectivity index (χ3n) is 2.40. The maximum Gasteiger partial charge on any atom is 0.274 e. The summed E-state index contributed by atoms with van der Waals surface area (Å²) in [7, 11) is 0. The zero-order valence-corrected chi connectivity index (χ0v) is 9.62. The van der Waals surface area contributed by atoms with E-state index in [1.165, 1.54) is 6.07 Å². The topological polar surface area (TPSA) is 99.9 Å². The number of rotatable bonds is 3. The van der Waals surface area contributed by atoms with Crippen molar-refractivity contribution in [2.24, 2.45) is 4.99 Å². The minimum Gasteiger partial charge on any atom is -0.425 e. The van der Waals surface area contributed by atoms with E-state index < -0.39 is 0 Å². The number of nitrogens with one attached hydrogen (secondary N) is 1. The van der Waals surface area contributed by atoms with Gasteiger partial charge >= 0.3 is 0 Å². The molecule has 2 aromatic heterocycles. The normalized spacial score (nSPS) is 12.5. The molecule has 0 aromatic carbocycles. The van der Waals surface area contributed by atoms with Crippen molar-refractivity contribution in [2.45, 2.75) is 13.8 Å². The van der Waals surface area contributed by atoms with Crippen LogP contribution in [-0.4, -0.2) is 42.9 Å². The number of fused-ring (bicyclic) bond motifs is 1. The molecule has 0 aliphatic heterocycles. The molecule has 4 N–H and O–H groups in total. The molecule has 8 nitrogen and oxygen atoms in total. The summed E-state index contributed by atoms with van der Waals surface area (Å²) in [6, 6.07) is 1.51. The van der Waals surface area contributed by atoms with E-state index in [2.05, 4.69) is 10.3 Å². The van der Waals surface area contributed by atoms with Crippen molar-refractivity contribution < 1.29 is 15.6 Å². The minimum absolute atomic E-state index is 0.0386. The van der Waals surface area contributed by atoms with Gasteiger partial charge in [0.05, 0.1) is 0 Å². The van der Waals surface area contributed by atoms with Crippen LogP contribution in [0.2, 0.25) is 0 Å². The Hall–Kier alpha value is -2.25. The van der Waals surface area contributed by atoms with Crippen LogP contribution in [0.1, 0.15) is 13.8 Å². The Morgan fingerprint density at radius 2 is 1.88 bits per heavy atom. The second kappa shape index (κ2) is 3.96. The number of aromatic nitrogens is 3. The summed E-state index contributed by atoms with van der Waals surface area (Å²) in [4.78, 5) is 3.91. The molecule has 2 heterocycles. The first kappa shape index (κ1) is 11.2. The fourth-order valence-corrected chi connectivity index (χ4v) is 1.71. The summed E-state index contributed by atoms with van der Waals surface area (Å²) in [5.74, 6) is 0.381. The summed E-state index contributed by atoms with van der Waals surface area (Å²) in [6.07, 6.45) is 0. The Kier molecular flexibility index (Phi) is 2.62. The summed E-state index contributed by atoms with van der Waals surface area (Å²) >= 11 is 0. The number of hydrogen-bond donors (Lipinski definition) is 4. The van der Waals surface area contributed by atoms with Crippen LogP contribution in [0.5, 0.6) is 0 Å². The molecule has 0 saturated carbocycles. The zero-order valence-electron chi connectivity index (χ0n) is 9.62. The van der Waals surface area contributed by atoms with Crippen LogP contribution in [0.4, 0.5) is 5.82 Å². The predicted octanol–water partition coefficient (Wildman–Crippen LogP) is 0.309. The molecule has 2 rings (SSSR count). The van der Waals surface area contributed by atoms with Crippen LogP contribution in [0.3, 0.4) is 0 Å². The van der Waals surface area contributed by atoms with E-state index in [0.29, 0.717) is 23.6 Å². The molecular formula is C9H15N5O3. The second-order valence-corrected chi connectivity index (χ2v) is 3.48. The molecule has 0 amide bonds. The molecule has 0 bridgehead atoms. The average Bonchev–Trinajstić information content (AvgIpc) is 2.73. The lowest BCUT2D eigenvalue weighted by Crippen LogP contribution is -2.24. The number of anilines is 1. The summed E-state index contributed by atoms with van der Waals surface area (Å²) in [5.41, 5.74) is 0.275. The van der Waals surface area contributed by atoms with Crippen molar-refractivity contribution >= 4 is 17.0 Å². The third-order valence-corrected chi connectivity index (χ3v) is 2.40. The van der Waals surface area contributed by atoms with Gasteiger partial charge < -0.3 is 20.9 Å². The monoisotopic (exact) mass is 241 g/mol. The van der Waals surface area contributed by atoms with Gasteiger partial charge in [-0.25, -0.2) is 4.99 Å². The van der Waals surface area contributed by atoms with Crippen molar-refractivity contribution in [3.05, 3.63) is 11.7 Å². The zero-order chi connectivity index (χ0) is 12.6. The summed E-state index contributed by atoms with van der Waals surface area (Å²) in [6.45, 7) is 4.65. The van der Waals surface area contributed by atoms with E-state index in [1.54, 1.807) is 6.92 Å².